The predicted molar refractivity (Wildman–Crippen MR) is 111 cm³/mol. The minimum Gasteiger partial charge on any atom is -0.495 e. The van der Waals surface area contributed by atoms with Crippen LogP contribution in [0.2, 0.25) is 0 Å². The SMILES string of the molecule is COC(=O)c1ccc(CN(C(=O)N2CCSCC2)c2ccccc2OC)cc1. The van der Waals surface area contributed by atoms with E-state index < -0.39 is 0 Å². The molecule has 7 heteroatoms. The van der Waals surface area contributed by atoms with E-state index in [1.807, 2.05) is 53.1 Å². The lowest BCUT2D eigenvalue weighted by Gasteiger charge is -2.33. The molecule has 1 fully saturated rings. The Morgan fingerprint density at radius 2 is 1.71 bits per heavy atom. The van der Waals surface area contributed by atoms with Gasteiger partial charge < -0.3 is 14.4 Å². The van der Waals surface area contributed by atoms with Crippen molar-refractivity contribution in [3.8, 4) is 5.75 Å². The van der Waals surface area contributed by atoms with Gasteiger partial charge in [0.25, 0.3) is 0 Å². The Morgan fingerprint density at radius 3 is 2.36 bits per heavy atom. The molecule has 0 N–H and O–H groups in total. The van der Waals surface area contributed by atoms with Gasteiger partial charge in [-0.2, -0.15) is 11.8 Å². The fraction of sp³-hybridized carbons (Fsp3) is 0.333. The maximum absolute atomic E-state index is 13.3. The molecule has 148 valence electrons. The van der Waals surface area contributed by atoms with Gasteiger partial charge in [0.15, 0.2) is 0 Å². The van der Waals surface area contributed by atoms with Crippen LogP contribution < -0.4 is 9.64 Å². The standard InChI is InChI=1S/C21H24N2O4S/c1-26-19-6-4-3-5-18(19)23(21(25)22-11-13-28-14-12-22)15-16-7-9-17(10-8-16)20(24)27-2/h3-10H,11-15H2,1-2H3. The number of nitrogens with zero attached hydrogens (tertiary/aromatic N) is 2. The number of methoxy groups -OCH3 is 2. The summed E-state index contributed by atoms with van der Waals surface area (Å²) in [6, 6.07) is 14.6. The van der Waals surface area contributed by atoms with Crippen molar-refractivity contribution in [3.05, 3.63) is 59.7 Å². The largest absolute Gasteiger partial charge is 0.495 e. The summed E-state index contributed by atoms with van der Waals surface area (Å²) in [7, 11) is 2.96. The average Bonchev–Trinajstić information content (AvgIpc) is 2.77. The number of anilines is 1. The monoisotopic (exact) mass is 400 g/mol. The lowest BCUT2D eigenvalue weighted by molar-refractivity contribution is 0.0600. The lowest BCUT2D eigenvalue weighted by atomic mass is 10.1. The van der Waals surface area contributed by atoms with Crippen LogP contribution >= 0.6 is 11.8 Å². The number of amides is 2. The summed E-state index contributed by atoms with van der Waals surface area (Å²) in [4.78, 5) is 28.6. The van der Waals surface area contributed by atoms with Crippen molar-refractivity contribution >= 4 is 29.4 Å². The second kappa shape index (κ2) is 9.50. The van der Waals surface area contributed by atoms with Crippen LogP contribution in [0.25, 0.3) is 0 Å². The quantitative estimate of drug-likeness (QED) is 0.717. The number of hydrogen-bond donors (Lipinski definition) is 0. The Kier molecular flexibility index (Phi) is 6.81. The Morgan fingerprint density at radius 1 is 1.04 bits per heavy atom. The highest BCUT2D eigenvalue weighted by molar-refractivity contribution is 7.99. The third-order valence-corrected chi connectivity index (χ3v) is 5.55. The molecule has 2 aromatic carbocycles. The van der Waals surface area contributed by atoms with Crippen molar-refractivity contribution in [2.45, 2.75) is 6.54 Å². The summed E-state index contributed by atoms with van der Waals surface area (Å²) >= 11 is 1.86. The third kappa shape index (κ3) is 4.59. The Balaban J connectivity index is 1.89. The number of benzene rings is 2. The van der Waals surface area contributed by atoms with Gasteiger partial charge >= 0.3 is 12.0 Å². The fourth-order valence-electron chi connectivity index (χ4n) is 3.08. The van der Waals surface area contributed by atoms with E-state index >= 15 is 0 Å². The van der Waals surface area contributed by atoms with Gasteiger partial charge in [0.05, 0.1) is 32.0 Å². The van der Waals surface area contributed by atoms with E-state index in [0.29, 0.717) is 17.9 Å². The molecule has 0 aromatic heterocycles. The van der Waals surface area contributed by atoms with Crippen LogP contribution in [0.5, 0.6) is 5.75 Å². The molecule has 1 aliphatic rings. The molecule has 3 rings (SSSR count). The third-order valence-electron chi connectivity index (χ3n) is 4.60. The zero-order valence-electron chi connectivity index (χ0n) is 16.1. The molecule has 1 aliphatic heterocycles. The number of ether oxygens (including phenoxy) is 2. The minimum absolute atomic E-state index is 0.0400. The molecule has 28 heavy (non-hydrogen) atoms. The highest BCUT2D eigenvalue weighted by atomic mass is 32.2. The van der Waals surface area contributed by atoms with Crippen LogP contribution in [0.15, 0.2) is 48.5 Å². The van der Waals surface area contributed by atoms with Gasteiger partial charge in [0.1, 0.15) is 5.75 Å². The smallest absolute Gasteiger partial charge is 0.337 e. The highest BCUT2D eigenvalue weighted by Crippen LogP contribution is 2.30. The Hall–Kier alpha value is -2.67. The minimum atomic E-state index is -0.380. The summed E-state index contributed by atoms with van der Waals surface area (Å²) in [6.45, 7) is 1.84. The maximum atomic E-state index is 13.3. The highest BCUT2D eigenvalue weighted by Gasteiger charge is 2.26. The van der Waals surface area contributed by atoms with E-state index in [4.69, 9.17) is 9.47 Å². The van der Waals surface area contributed by atoms with Crippen molar-refractivity contribution in [1.82, 2.24) is 4.90 Å². The summed E-state index contributed by atoms with van der Waals surface area (Å²) < 4.78 is 10.2. The first-order chi connectivity index (χ1) is 13.6. The number of para-hydroxylation sites is 2. The second-order valence-electron chi connectivity index (χ2n) is 6.33. The molecular weight excluding hydrogens is 376 g/mol. The van der Waals surface area contributed by atoms with Crippen LogP contribution in [-0.4, -0.2) is 55.7 Å². The second-order valence-corrected chi connectivity index (χ2v) is 7.55. The first-order valence-corrected chi connectivity index (χ1v) is 10.2. The van der Waals surface area contributed by atoms with E-state index in [1.54, 1.807) is 24.1 Å². The number of urea groups is 1. The first-order valence-electron chi connectivity index (χ1n) is 9.08. The number of carbonyl (C=O) groups is 2. The summed E-state index contributed by atoms with van der Waals surface area (Å²) in [5.74, 6) is 2.15. The molecule has 0 radical (unpaired) electrons. The van der Waals surface area contributed by atoms with Gasteiger partial charge in [-0.1, -0.05) is 24.3 Å². The Labute approximate surface area is 169 Å². The molecular formula is C21H24N2O4S. The molecule has 0 spiro atoms. The number of hydrogen-bond acceptors (Lipinski definition) is 5. The van der Waals surface area contributed by atoms with Gasteiger partial charge in [-0.3, -0.25) is 4.90 Å². The molecule has 0 bridgehead atoms. The maximum Gasteiger partial charge on any atom is 0.337 e. The molecule has 2 amide bonds. The van der Waals surface area contributed by atoms with E-state index in [9.17, 15) is 9.59 Å². The lowest BCUT2D eigenvalue weighted by Crippen LogP contribution is -2.46. The molecule has 0 saturated carbocycles. The van der Waals surface area contributed by atoms with Gasteiger partial charge in [0, 0.05) is 24.6 Å². The van der Waals surface area contributed by atoms with Crippen LogP contribution in [-0.2, 0) is 11.3 Å². The summed E-state index contributed by atoms with van der Waals surface area (Å²) in [6.07, 6.45) is 0. The molecule has 0 unspecified atom stereocenters. The average molecular weight is 401 g/mol. The summed E-state index contributed by atoms with van der Waals surface area (Å²) in [5, 5.41) is 0. The first kappa shape index (κ1) is 20.1. The van der Waals surface area contributed by atoms with Crippen molar-refractivity contribution < 1.29 is 19.1 Å². The van der Waals surface area contributed by atoms with Crippen molar-refractivity contribution in [3.63, 3.8) is 0 Å². The van der Waals surface area contributed by atoms with E-state index in [0.717, 1.165) is 35.8 Å². The van der Waals surface area contributed by atoms with E-state index in [2.05, 4.69) is 0 Å². The molecule has 1 heterocycles. The van der Waals surface area contributed by atoms with Crippen molar-refractivity contribution in [2.75, 3.05) is 43.7 Å². The van der Waals surface area contributed by atoms with Gasteiger partial charge in [-0.05, 0) is 29.8 Å². The van der Waals surface area contributed by atoms with Crippen LogP contribution in [0.1, 0.15) is 15.9 Å². The molecule has 0 aliphatic carbocycles. The van der Waals surface area contributed by atoms with Gasteiger partial charge in [-0.25, -0.2) is 9.59 Å². The molecule has 0 atom stereocenters. The van der Waals surface area contributed by atoms with Crippen molar-refractivity contribution in [2.24, 2.45) is 0 Å². The normalized spacial score (nSPS) is 13.7. The fourth-order valence-corrected chi connectivity index (χ4v) is 3.98. The topological polar surface area (TPSA) is 59.1 Å². The van der Waals surface area contributed by atoms with E-state index in [-0.39, 0.29) is 12.0 Å². The Bertz CT molecular complexity index is 819. The zero-order chi connectivity index (χ0) is 19.9. The number of carbonyl (C=O) groups excluding carboxylic acids is 2. The van der Waals surface area contributed by atoms with Gasteiger partial charge in [-0.15, -0.1) is 0 Å². The van der Waals surface area contributed by atoms with E-state index in [1.165, 1.54) is 7.11 Å². The molecule has 1 saturated heterocycles. The van der Waals surface area contributed by atoms with Gasteiger partial charge in [0.2, 0.25) is 0 Å². The van der Waals surface area contributed by atoms with Crippen molar-refractivity contribution in [1.29, 1.82) is 0 Å². The van der Waals surface area contributed by atoms with Crippen LogP contribution in [0.4, 0.5) is 10.5 Å². The number of rotatable bonds is 5. The van der Waals surface area contributed by atoms with Crippen LogP contribution in [0.3, 0.4) is 0 Å². The molecule has 2 aromatic rings. The van der Waals surface area contributed by atoms with Crippen LogP contribution in [0, 0.1) is 0 Å². The number of esters is 1. The predicted octanol–water partition coefficient (Wildman–Crippen LogP) is 3.66. The zero-order valence-corrected chi connectivity index (χ0v) is 16.9. The number of thioether (sulfide) groups is 1. The molecule has 6 nitrogen and oxygen atoms in total. The summed E-state index contributed by atoms with van der Waals surface area (Å²) in [5.41, 5.74) is 2.12.